The van der Waals surface area contributed by atoms with E-state index in [0.717, 1.165) is 22.3 Å². The van der Waals surface area contributed by atoms with Crippen molar-refractivity contribution >= 4 is 33.5 Å². The molecule has 1 aromatic carbocycles. The predicted octanol–water partition coefficient (Wildman–Crippen LogP) is 4.30. The second-order valence-electron chi connectivity index (χ2n) is 4.02. The molecule has 0 aliphatic heterocycles. The van der Waals surface area contributed by atoms with Crippen LogP contribution in [0.5, 0.6) is 0 Å². The van der Waals surface area contributed by atoms with Crippen LogP contribution in [0.1, 0.15) is 11.3 Å². The molecule has 0 aliphatic carbocycles. The molecule has 1 aromatic heterocycles. The molecule has 110 valence electrons. The number of amidine groups is 1. The summed E-state index contributed by atoms with van der Waals surface area (Å²) in [6, 6.07) is 9.00. The number of alkyl halides is 3. The molecular weight excluding hydrogens is 367 g/mol. The van der Waals surface area contributed by atoms with Crippen molar-refractivity contribution in [2.24, 2.45) is 5.73 Å². The largest absolute Gasteiger partial charge is 0.433 e. The zero-order chi connectivity index (χ0) is 15.6. The van der Waals surface area contributed by atoms with Gasteiger partial charge in [0.1, 0.15) is 16.6 Å². The molecular formula is C13H9BrF3N3S. The number of benzene rings is 1. The molecule has 0 saturated heterocycles. The van der Waals surface area contributed by atoms with Crippen LogP contribution in [0.3, 0.4) is 0 Å². The van der Waals surface area contributed by atoms with Gasteiger partial charge in [0.2, 0.25) is 0 Å². The van der Waals surface area contributed by atoms with Crippen LogP contribution >= 0.6 is 27.7 Å². The van der Waals surface area contributed by atoms with Crippen molar-refractivity contribution in [1.82, 2.24) is 4.98 Å². The van der Waals surface area contributed by atoms with Crippen molar-refractivity contribution in [3.63, 3.8) is 0 Å². The molecule has 0 radical (unpaired) electrons. The quantitative estimate of drug-likeness (QED) is 0.620. The maximum atomic E-state index is 12.7. The molecule has 0 atom stereocenters. The molecule has 21 heavy (non-hydrogen) atoms. The first-order valence-electron chi connectivity index (χ1n) is 5.63. The van der Waals surface area contributed by atoms with E-state index in [1.54, 1.807) is 24.3 Å². The van der Waals surface area contributed by atoms with Crippen LogP contribution in [0.2, 0.25) is 0 Å². The van der Waals surface area contributed by atoms with Crippen molar-refractivity contribution in [2.75, 3.05) is 0 Å². The van der Waals surface area contributed by atoms with Gasteiger partial charge in [-0.3, -0.25) is 5.41 Å². The zero-order valence-corrected chi connectivity index (χ0v) is 12.8. The van der Waals surface area contributed by atoms with E-state index in [9.17, 15) is 13.2 Å². The maximum Gasteiger partial charge on any atom is 0.433 e. The fourth-order valence-electron chi connectivity index (χ4n) is 1.50. The smallest absolute Gasteiger partial charge is 0.384 e. The summed E-state index contributed by atoms with van der Waals surface area (Å²) in [5, 5.41) is 7.49. The minimum atomic E-state index is -4.54. The summed E-state index contributed by atoms with van der Waals surface area (Å²) in [5.41, 5.74) is 4.56. The van der Waals surface area contributed by atoms with Crippen LogP contribution in [-0.4, -0.2) is 10.8 Å². The van der Waals surface area contributed by atoms with Crippen molar-refractivity contribution in [3.8, 4) is 0 Å². The highest BCUT2D eigenvalue weighted by Crippen LogP contribution is 2.34. The molecule has 0 bridgehead atoms. The lowest BCUT2D eigenvalue weighted by Gasteiger charge is -2.11. The number of aromatic nitrogens is 1. The van der Waals surface area contributed by atoms with Gasteiger partial charge in [0.05, 0.1) is 0 Å². The van der Waals surface area contributed by atoms with Gasteiger partial charge in [-0.1, -0.05) is 27.7 Å². The van der Waals surface area contributed by atoms with Gasteiger partial charge >= 0.3 is 6.18 Å². The second kappa shape index (κ2) is 6.07. The van der Waals surface area contributed by atoms with Crippen molar-refractivity contribution in [2.45, 2.75) is 16.1 Å². The molecule has 2 aromatic rings. The van der Waals surface area contributed by atoms with Gasteiger partial charge in [0, 0.05) is 14.9 Å². The molecule has 0 spiro atoms. The average molecular weight is 376 g/mol. The number of rotatable bonds is 3. The Morgan fingerprint density at radius 2 is 1.76 bits per heavy atom. The molecule has 0 fully saturated rings. The Hall–Kier alpha value is -1.54. The zero-order valence-electron chi connectivity index (χ0n) is 10.4. The van der Waals surface area contributed by atoms with Crippen LogP contribution in [0.15, 0.2) is 50.8 Å². The fourth-order valence-corrected chi connectivity index (χ4v) is 2.69. The van der Waals surface area contributed by atoms with E-state index in [2.05, 4.69) is 20.9 Å². The van der Waals surface area contributed by atoms with Gasteiger partial charge in [-0.25, -0.2) is 4.98 Å². The Balaban J connectivity index is 2.43. The lowest BCUT2D eigenvalue weighted by Crippen LogP contribution is -2.16. The number of nitrogens with two attached hydrogens (primary N) is 1. The Labute approximate surface area is 131 Å². The monoisotopic (exact) mass is 375 g/mol. The van der Waals surface area contributed by atoms with E-state index in [-0.39, 0.29) is 16.4 Å². The minimum Gasteiger partial charge on any atom is -0.384 e. The SMILES string of the molecule is N=C(N)c1ccc(C(F)(F)F)nc1Sc1ccc(Br)cc1. The van der Waals surface area contributed by atoms with E-state index in [1.165, 1.54) is 6.07 Å². The van der Waals surface area contributed by atoms with Gasteiger partial charge in [-0.15, -0.1) is 0 Å². The van der Waals surface area contributed by atoms with Crippen LogP contribution in [-0.2, 0) is 6.18 Å². The third-order valence-corrected chi connectivity index (χ3v) is 4.01. The van der Waals surface area contributed by atoms with Gasteiger partial charge in [0.15, 0.2) is 0 Å². The number of halogens is 4. The topological polar surface area (TPSA) is 62.8 Å². The maximum absolute atomic E-state index is 12.7. The van der Waals surface area contributed by atoms with Gasteiger partial charge in [-0.05, 0) is 36.4 Å². The number of nitrogens with zero attached hydrogens (tertiary/aromatic N) is 1. The fraction of sp³-hybridized carbons (Fsp3) is 0.0769. The third kappa shape index (κ3) is 3.98. The summed E-state index contributed by atoms with van der Waals surface area (Å²) in [5.74, 6) is -0.323. The van der Waals surface area contributed by atoms with Crippen LogP contribution in [0.4, 0.5) is 13.2 Å². The van der Waals surface area contributed by atoms with Crippen LogP contribution in [0, 0.1) is 5.41 Å². The summed E-state index contributed by atoms with van der Waals surface area (Å²) in [6.07, 6.45) is -4.54. The number of nitrogen functional groups attached to an aromatic ring is 1. The molecule has 0 unspecified atom stereocenters. The molecule has 1 heterocycles. The number of hydrogen-bond donors (Lipinski definition) is 2. The molecule has 8 heteroatoms. The Kier molecular flexibility index (Phi) is 4.58. The van der Waals surface area contributed by atoms with E-state index >= 15 is 0 Å². The number of nitrogens with one attached hydrogen (secondary N) is 1. The lowest BCUT2D eigenvalue weighted by molar-refractivity contribution is -0.141. The molecule has 0 saturated carbocycles. The normalized spacial score (nSPS) is 11.4. The molecule has 3 nitrogen and oxygen atoms in total. The summed E-state index contributed by atoms with van der Waals surface area (Å²) in [7, 11) is 0. The summed E-state index contributed by atoms with van der Waals surface area (Å²) < 4.78 is 39.0. The Morgan fingerprint density at radius 1 is 1.14 bits per heavy atom. The van der Waals surface area contributed by atoms with E-state index in [0.29, 0.717) is 4.90 Å². The number of hydrogen-bond acceptors (Lipinski definition) is 3. The van der Waals surface area contributed by atoms with Crippen LogP contribution in [0.25, 0.3) is 0 Å². The Morgan fingerprint density at radius 3 is 2.29 bits per heavy atom. The van der Waals surface area contributed by atoms with Gasteiger partial charge in [-0.2, -0.15) is 13.2 Å². The Bertz CT molecular complexity index is 671. The van der Waals surface area contributed by atoms with Gasteiger partial charge in [0.25, 0.3) is 0 Å². The predicted molar refractivity (Wildman–Crippen MR) is 78.5 cm³/mol. The molecule has 3 N–H and O–H groups in total. The first kappa shape index (κ1) is 15.8. The van der Waals surface area contributed by atoms with Crippen molar-refractivity contribution < 1.29 is 13.2 Å². The summed E-state index contributed by atoms with van der Waals surface area (Å²) in [4.78, 5) is 4.29. The second-order valence-corrected chi connectivity index (χ2v) is 5.99. The number of pyridine rings is 1. The highest BCUT2D eigenvalue weighted by Gasteiger charge is 2.33. The van der Waals surface area contributed by atoms with E-state index < -0.39 is 11.9 Å². The highest BCUT2D eigenvalue weighted by atomic mass is 79.9. The first-order valence-corrected chi connectivity index (χ1v) is 7.24. The first-order chi connectivity index (χ1) is 9.77. The van der Waals surface area contributed by atoms with Crippen LogP contribution < -0.4 is 5.73 Å². The molecule has 0 amide bonds. The minimum absolute atomic E-state index is 0.0552. The summed E-state index contributed by atoms with van der Waals surface area (Å²) >= 11 is 4.31. The molecule has 0 aliphatic rings. The van der Waals surface area contributed by atoms with E-state index in [4.69, 9.17) is 11.1 Å². The average Bonchev–Trinajstić information content (AvgIpc) is 2.40. The van der Waals surface area contributed by atoms with Gasteiger partial charge < -0.3 is 5.73 Å². The summed E-state index contributed by atoms with van der Waals surface area (Å²) in [6.45, 7) is 0. The van der Waals surface area contributed by atoms with E-state index in [1.807, 2.05) is 0 Å². The molecule has 2 rings (SSSR count). The highest BCUT2D eigenvalue weighted by molar-refractivity contribution is 9.10. The third-order valence-electron chi connectivity index (χ3n) is 2.47. The lowest BCUT2D eigenvalue weighted by atomic mass is 10.2. The van der Waals surface area contributed by atoms with Crippen molar-refractivity contribution in [3.05, 3.63) is 52.1 Å². The van der Waals surface area contributed by atoms with Crippen molar-refractivity contribution in [1.29, 1.82) is 5.41 Å². The standard InChI is InChI=1S/C13H9BrF3N3S/c14-7-1-3-8(4-2-7)21-12-9(11(18)19)5-6-10(20-12)13(15,16)17/h1-6H,(H3,18,19).